The van der Waals surface area contributed by atoms with Crippen LogP contribution in [-0.4, -0.2) is 52.7 Å². The lowest BCUT2D eigenvalue weighted by Gasteiger charge is -2.53. The molecular weight excluding hydrogens is 626 g/mol. The number of fused-ring (bicyclic) bond motifs is 1. The van der Waals surface area contributed by atoms with Gasteiger partial charge in [0.15, 0.2) is 5.82 Å². The van der Waals surface area contributed by atoms with E-state index < -0.39 is 5.60 Å². The highest BCUT2D eigenvalue weighted by Crippen LogP contribution is 2.43. The molecule has 5 rings (SSSR count). The molecule has 3 aliphatic rings. The van der Waals surface area contributed by atoms with E-state index in [9.17, 15) is 4.79 Å². The van der Waals surface area contributed by atoms with Crippen LogP contribution in [0.4, 0.5) is 15.0 Å². The molecule has 1 aromatic carbocycles. The molecule has 2 saturated heterocycles. The van der Waals surface area contributed by atoms with Gasteiger partial charge in [-0.2, -0.15) is 0 Å². The topological polar surface area (TPSA) is 58.6 Å². The number of halogens is 3. The summed E-state index contributed by atoms with van der Waals surface area (Å²) in [6.45, 7) is 8.86. The van der Waals surface area contributed by atoms with Crippen molar-refractivity contribution < 1.29 is 13.9 Å². The quantitative estimate of drug-likeness (QED) is 0.256. The standard InChI is InChI=1S/C26H33BrFIN4O2/c1-25(2,3)35-24(34)33-14-26(15-33)9-11-32(12-10-26)23-17-13-18(29)19(27)20(28)21(17)30-22(31-23)16-7-5-4-6-8-16/h13,16H,4-12,14-15H2,1-3H3. The number of hydrogen-bond donors (Lipinski definition) is 0. The van der Waals surface area contributed by atoms with E-state index >= 15 is 4.39 Å². The minimum absolute atomic E-state index is 0.144. The minimum Gasteiger partial charge on any atom is -0.444 e. The first kappa shape index (κ1) is 25.4. The average Bonchev–Trinajstić information content (AvgIpc) is 2.80. The van der Waals surface area contributed by atoms with E-state index in [0.717, 1.165) is 72.5 Å². The Labute approximate surface area is 228 Å². The molecule has 1 aromatic heterocycles. The number of ether oxygens (including phenoxy) is 1. The number of hydrogen-bond acceptors (Lipinski definition) is 5. The van der Waals surface area contributed by atoms with Gasteiger partial charge in [0.05, 0.1) is 4.47 Å². The van der Waals surface area contributed by atoms with Crippen molar-refractivity contribution in [2.24, 2.45) is 5.41 Å². The highest BCUT2D eigenvalue weighted by Gasteiger charge is 2.48. The number of benzene rings is 1. The molecule has 2 aliphatic heterocycles. The average molecular weight is 659 g/mol. The molecule has 190 valence electrons. The second kappa shape index (κ2) is 9.58. The maximum Gasteiger partial charge on any atom is 0.410 e. The van der Waals surface area contributed by atoms with Crippen molar-refractivity contribution in [3.63, 3.8) is 0 Å². The lowest BCUT2D eigenvalue weighted by molar-refractivity contribution is -0.0434. The summed E-state index contributed by atoms with van der Waals surface area (Å²) in [5.41, 5.74) is 0.0862. The van der Waals surface area contributed by atoms with Gasteiger partial charge in [0, 0.05) is 46.5 Å². The zero-order valence-corrected chi connectivity index (χ0v) is 24.4. The Hall–Kier alpha value is -1.23. The van der Waals surface area contributed by atoms with Gasteiger partial charge in [-0.3, -0.25) is 0 Å². The molecular formula is C26H33BrFIN4O2. The fourth-order valence-electron chi connectivity index (χ4n) is 5.69. The maximum absolute atomic E-state index is 15.4. The second-order valence-corrected chi connectivity index (χ2v) is 13.4. The zero-order chi connectivity index (χ0) is 25.0. The predicted molar refractivity (Wildman–Crippen MR) is 147 cm³/mol. The van der Waals surface area contributed by atoms with Crippen LogP contribution in [-0.2, 0) is 4.74 Å². The molecule has 0 unspecified atom stereocenters. The van der Waals surface area contributed by atoms with E-state index in [1.54, 1.807) is 0 Å². The van der Waals surface area contributed by atoms with Crippen molar-refractivity contribution in [1.82, 2.24) is 14.9 Å². The van der Waals surface area contributed by atoms with Gasteiger partial charge in [-0.05, 0) is 91.0 Å². The number of carbonyl (C=O) groups is 1. The molecule has 0 radical (unpaired) electrons. The Morgan fingerprint density at radius 1 is 1.17 bits per heavy atom. The van der Waals surface area contributed by atoms with Crippen molar-refractivity contribution >= 4 is 61.3 Å². The van der Waals surface area contributed by atoms with Crippen LogP contribution in [0.25, 0.3) is 10.9 Å². The molecule has 0 bridgehead atoms. The van der Waals surface area contributed by atoms with Crippen molar-refractivity contribution in [3.05, 3.63) is 25.8 Å². The molecule has 3 fully saturated rings. The van der Waals surface area contributed by atoms with Crippen LogP contribution >= 0.6 is 38.5 Å². The van der Waals surface area contributed by atoms with Crippen LogP contribution in [0.2, 0.25) is 0 Å². The molecule has 9 heteroatoms. The van der Waals surface area contributed by atoms with E-state index in [2.05, 4.69) is 43.4 Å². The summed E-state index contributed by atoms with van der Waals surface area (Å²) in [5, 5.41) is 0.787. The summed E-state index contributed by atoms with van der Waals surface area (Å²) in [6.07, 6.45) is 7.49. The monoisotopic (exact) mass is 658 g/mol. The molecule has 1 amide bonds. The molecule has 0 N–H and O–H groups in total. The SMILES string of the molecule is CC(C)(C)OC(=O)N1CC2(CCN(c3nc(C4CCCCC4)nc4c(F)c(Br)c(I)cc34)CC2)C1. The number of amides is 1. The smallest absolute Gasteiger partial charge is 0.410 e. The fraction of sp³-hybridized carbons (Fsp3) is 0.654. The van der Waals surface area contributed by atoms with Crippen molar-refractivity contribution in [2.45, 2.75) is 77.2 Å². The van der Waals surface area contributed by atoms with Gasteiger partial charge in [0.2, 0.25) is 0 Å². The molecule has 0 atom stereocenters. The number of nitrogens with zero attached hydrogens (tertiary/aromatic N) is 4. The lowest BCUT2D eigenvalue weighted by atomic mass is 9.72. The van der Waals surface area contributed by atoms with Gasteiger partial charge >= 0.3 is 6.09 Å². The number of rotatable bonds is 2. The summed E-state index contributed by atoms with van der Waals surface area (Å²) in [5.74, 6) is 1.65. The van der Waals surface area contributed by atoms with Crippen molar-refractivity contribution in [2.75, 3.05) is 31.1 Å². The van der Waals surface area contributed by atoms with E-state index in [-0.39, 0.29) is 17.3 Å². The van der Waals surface area contributed by atoms with Gasteiger partial charge < -0.3 is 14.5 Å². The summed E-state index contributed by atoms with van der Waals surface area (Å²) >= 11 is 5.57. The van der Waals surface area contributed by atoms with Crippen LogP contribution in [0.15, 0.2) is 10.5 Å². The fourth-order valence-corrected chi connectivity index (χ4v) is 6.54. The highest BCUT2D eigenvalue weighted by atomic mass is 127. The maximum atomic E-state index is 15.4. The first-order valence-electron chi connectivity index (χ1n) is 12.6. The van der Waals surface area contributed by atoms with Crippen LogP contribution < -0.4 is 4.90 Å². The summed E-state index contributed by atoms with van der Waals surface area (Å²) < 4.78 is 22.2. The number of carbonyl (C=O) groups excluding carboxylic acids is 1. The Morgan fingerprint density at radius 2 is 1.83 bits per heavy atom. The lowest BCUT2D eigenvalue weighted by Crippen LogP contribution is -2.62. The Bertz CT molecular complexity index is 1130. The van der Waals surface area contributed by atoms with E-state index in [4.69, 9.17) is 14.7 Å². The second-order valence-electron chi connectivity index (χ2n) is 11.4. The van der Waals surface area contributed by atoms with Gasteiger partial charge in [0.25, 0.3) is 0 Å². The highest BCUT2D eigenvalue weighted by molar-refractivity contribution is 14.1. The third kappa shape index (κ3) is 5.13. The Kier molecular flexibility index (Phi) is 6.96. The van der Waals surface area contributed by atoms with Crippen LogP contribution in [0, 0.1) is 14.8 Å². The van der Waals surface area contributed by atoms with Crippen LogP contribution in [0.5, 0.6) is 0 Å². The summed E-state index contributed by atoms with van der Waals surface area (Å²) in [4.78, 5) is 26.4. The minimum atomic E-state index is -0.477. The molecule has 1 saturated carbocycles. The molecule has 2 aromatic rings. The summed E-state index contributed by atoms with van der Waals surface area (Å²) in [6, 6.07) is 2.00. The van der Waals surface area contributed by atoms with Gasteiger partial charge in [-0.25, -0.2) is 19.2 Å². The third-order valence-electron chi connectivity index (χ3n) is 7.62. The van der Waals surface area contributed by atoms with E-state index in [1.165, 1.54) is 19.3 Å². The first-order valence-corrected chi connectivity index (χ1v) is 14.5. The molecule has 1 aliphatic carbocycles. The van der Waals surface area contributed by atoms with Crippen molar-refractivity contribution in [1.29, 1.82) is 0 Å². The Morgan fingerprint density at radius 3 is 2.46 bits per heavy atom. The molecule has 6 nitrogen and oxygen atoms in total. The molecule has 35 heavy (non-hydrogen) atoms. The largest absolute Gasteiger partial charge is 0.444 e. The normalized spacial score (nSPS) is 20.9. The number of aromatic nitrogens is 2. The van der Waals surface area contributed by atoms with Crippen LogP contribution in [0.3, 0.4) is 0 Å². The third-order valence-corrected chi connectivity index (χ3v) is 9.99. The van der Waals surface area contributed by atoms with Gasteiger partial charge in [-0.1, -0.05) is 19.3 Å². The zero-order valence-electron chi connectivity index (χ0n) is 20.7. The molecule has 3 heterocycles. The summed E-state index contributed by atoms with van der Waals surface area (Å²) in [7, 11) is 0. The number of anilines is 1. The molecule has 1 spiro atoms. The van der Waals surface area contributed by atoms with Gasteiger partial charge in [-0.15, -0.1) is 0 Å². The Balaban J connectivity index is 1.38. The van der Waals surface area contributed by atoms with Crippen molar-refractivity contribution in [3.8, 4) is 0 Å². The van der Waals surface area contributed by atoms with Gasteiger partial charge in [0.1, 0.15) is 22.8 Å². The van der Waals surface area contributed by atoms with E-state index in [1.807, 2.05) is 31.7 Å². The number of likely N-dealkylation sites (tertiary alicyclic amines) is 1. The first-order chi connectivity index (χ1) is 16.6. The van der Waals surface area contributed by atoms with E-state index in [0.29, 0.717) is 15.9 Å². The van der Waals surface area contributed by atoms with Crippen LogP contribution in [0.1, 0.15) is 77.5 Å². The predicted octanol–water partition coefficient (Wildman–Crippen LogP) is 7.02. The number of piperidine rings is 1.